The van der Waals surface area contributed by atoms with Crippen LogP contribution in [0.25, 0.3) is 0 Å². The molecular formula is C18H14F3N3O. The predicted octanol–water partition coefficient (Wildman–Crippen LogP) is 3.36. The predicted molar refractivity (Wildman–Crippen MR) is 85.3 cm³/mol. The van der Waals surface area contributed by atoms with Gasteiger partial charge in [0.05, 0.1) is 0 Å². The normalized spacial score (nSPS) is 12.0. The Hall–Kier alpha value is -3.09. The fourth-order valence-corrected chi connectivity index (χ4v) is 2.54. The van der Waals surface area contributed by atoms with Crippen molar-refractivity contribution in [2.45, 2.75) is 6.04 Å². The van der Waals surface area contributed by atoms with E-state index < -0.39 is 29.4 Å². The summed E-state index contributed by atoms with van der Waals surface area (Å²) >= 11 is 0. The van der Waals surface area contributed by atoms with E-state index in [4.69, 9.17) is 0 Å². The van der Waals surface area contributed by atoms with E-state index in [1.54, 1.807) is 23.9 Å². The standard InChI is InChI=1S/C18H14F3N3O/c1-24-6-5-22-17(24)16(11-3-2-4-13(19)7-11)23-18(25)12-8-14(20)10-15(21)9-12/h2-10,16H,1H3,(H,23,25). The zero-order chi connectivity index (χ0) is 18.0. The Balaban J connectivity index is 1.98. The van der Waals surface area contributed by atoms with Gasteiger partial charge >= 0.3 is 0 Å². The van der Waals surface area contributed by atoms with Crippen molar-refractivity contribution in [3.63, 3.8) is 0 Å². The summed E-state index contributed by atoms with van der Waals surface area (Å²) in [5.41, 5.74) is 0.285. The van der Waals surface area contributed by atoms with E-state index in [0.29, 0.717) is 17.5 Å². The fraction of sp³-hybridized carbons (Fsp3) is 0.111. The molecular weight excluding hydrogens is 331 g/mol. The second-order valence-electron chi connectivity index (χ2n) is 5.52. The van der Waals surface area contributed by atoms with Gasteiger partial charge in [-0.3, -0.25) is 4.79 Å². The molecule has 2 aromatic carbocycles. The van der Waals surface area contributed by atoms with Gasteiger partial charge in [0, 0.05) is 31.1 Å². The number of rotatable bonds is 4. The van der Waals surface area contributed by atoms with Gasteiger partial charge in [0.2, 0.25) is 0 Å². The number of nitrogens with one attached hydrogen (secondary N) is 1. The molecule has 0 radical (unpaired) electrons. The van der Waals surface area contributed by atoms with Crippen molar-refractivity contribution in [1.29, 1.82) is 0 Å². The van der Waals surface area contributed by atoms with Crippen LogP contribution in [-0.4, -0.2) is 15.5 Å². The van der Waals surface area contributed by atoms with E-state index in [-0.39, 0.29) is 5.56 Å². The summed E-state index contributed by atoms with van der Waals surface area (Å²) in [6.45, 7) is 0. The van der Waals surface area contributed by atoms with Crippen LogP contribution in [0.4, 0.5) is 13.2 Å². The molecule has 0 aliphatic carbocycles. The average molecular weight is 345 g/mol. The number of hydrogen-bond donors (Lipinski definition) is 1. The summed E-state index contributed by atoms with van der Waals surface area (Å²) in [5.74, 6) is -2.43. The largest absolute Gasteiger partial charge is 0.338 e. The quantitative estimate of drug-likeness (QED) is 0.788. The third-order valence-corrected chi connectivity index (χ3v) is 3.70. The maximum absolute atomic E-state index is 13.6. The maximum atomic E-state index is 13.6. The van der Waals surface area contributed by atoms with Crippen LogP contribution in [-0.2, 0) is 7.05 Å². The van der Waals surface area contributed by atoms with Gasteiger partial charge in [-0.25, -0.2) is 18.2 Å². The summed E-state index contributed by atoms with van der Waals surface area (Å²) < 4.78 is 42.0. The summed E-state index contributed by atoms with van der Waals surface area (Å²) in [4.78, 5) is 16.6. The SMILES string of the molecule is Cn1ccnc1C(NC(=O)c1cc(F)cc(F)c1)c1cccc(F)c1. The Kier molecular flexibility index (Phi) is 4.56. The molecule has 1 atom stereocenters. The first-order chi connectivity index (χ1) is 11.9. The molecule has 0 saturated heterocycles. The van der Waals surface area contributed by atoms with Crippen molar-refractivity contribution in [2.24, 2.45) is 7.05 Å². The Morgan fingerprint density at radius 3 is 2.40 bits per heavy atom. The number of benzene rings is 2. The first-order valence-electron chi connectivity index (χ1n) is 7.43. The van der Waals surface area contributed by atoms with Crippen LogP contribution in [0.5, 0.6) is 0 Å². The van der Waals surface area contributed by atoms with Gasteiger partial charge in [-0.2, -0.15) is 0 Å². The molecule has 1 N–H and O–H groups in total. The molecule has 7 heteroatoms. The van der Waals surface area contributed by atoms with Crippen LogP contribution in [0, 0.1) is 17.5 Å². The van der Waals surface area contributed by atoms with E-state index in [0.717, 1.165) is 12.1 Å². The first-order valence-corrected chi connectivity index (χ1v) is 7.43. The lowest BCUT2D eigenvalue weighted by atomic mass is 10.0. The number of aromatic nitrogens is 2. The highest BCUT2D eigenvalue weighted by Crippen LogP contribution is 2.22. The molecule has 4 nitrogen and oxygen atoms in total. The fourth-order valence-electron chi connectivity index (χ4n) is 2.54. The number of nitrogens with zero attached hydrogens (tertiary/aromatic N) is 2. The summed E-state index contributed by atoms with van der Waals surface area (Å²) in [6, 6.07) is 7.45. The molecule has 0 fully saturated rings. The van der Waals surface area contributed by atoms with E-state index in [9.17, 15) is 18.0 Å². The van der Waals surface area contributed by atoms with Crippen LogP contribution in [0.2, 0.25) is 0 Å². The van der Waals surface area contributed by atoms with Crippen molar-refractivity contribution < 1.29 is 18.0 Å². The van der Waals surface area contributed by atoms with Crippen LogP contribution < -0.4 is 5.32 Å². The zero-order valence-corrected chi connectivity index (χ0v) is 13.2. The minimum atomic E-state index is -0.857. The number of hydrogen-bond acceptors (Lipinski definition) is 2. The lowest BCUT2D eigenvalue weighted by Gasteiger charge is -2.19. The molecule has 0 saturated carbocycles. The van der Waals surface area contributed by atoms with Gasteiger partial charge in [0.25, 0.3) is 5.91 Å². The highest BCUT2D eigenvalue weighted by molar-refractivity contribution is 5.94. The van der Waals surface area contributed by atoms with Crippen LogP contribution in [0.15, 0.2) is 54.9 Å². The zero-order valence-electron chi connectivity index (χ0n) is 13.2. The number of amides is 1. The summed E-state index contributed by atoms with van der Waals surface area (Å²) in [6.07, 6.45) is 3.21. The molecule has 1 unspecified atom stereocenters. The van der Waals surface area contributed by atoms with Gasteiger partial charge < -0.3 is 9.88 Å². The van der Waals surface area contributed by atoms with Crippen LogP contribution in [0.3, 0.4) is 0 Å². The van der Waals surface area contributed by atoms with Crippen molar-refractivity contribution >= 4 is 5.91 Å². The first kappa shape index (κ1) is 16.8. The van der Waals surface area contributed by atoms with Gasteiger partial charge in [-0.05, 0) is 29.8 Å². The molecule has 3 aromatic rings. The minimum Gasteiger partial charge on any atom is -0.338 e. The molecule has 1 aromatic heterocycles. The molecule has 1 amide bonds. The van der Waals surface area contributed by atoms with Gasteiger partial charge in [0.1, 0.15) is 29.3 Å². The van der Waals surface area contributed by atoms with Crippen LogP contribution in [0.1, 0.15) is 27.8 Å². The molecule has 0 aliphatic rings. The third-order valence-electron chi connectivity index (χ3n) is 3.70. The van der Waals surface area contributed by atoms with Crippen molar-refractivity contribution in [1.82, 2.24) is 14.9 Å². The molecule has 1 heterocycles. The van der Waals surface area contributed by atoms with Crippen LogP contribution >= 0.6 is 0 Å². The van der Waals surface area contributed by atoms with Crippen molar-refractivity contribution in [3.05, 3.63) is 89.3 Å². The summed E-state index contributed by atoms with van der Waals surface area (Å²) in [5, 5.41) is 2.65. The Bertz CT molecular complexity index is 903. The number of carbonyl (C=O) groups excluding carboxylic acids is 1. The molecule has 0 bridgehead atoms. The van der Waals surface area contributed by atoms with E-state index in [1.165, 1.54) is 24.4 Å². The third kappa shape index (κ3) is 3.71. The van der Waals surface area contributed by atoms with Crippen molar-refractivity contribution in [2.75, 3.05) is 0 Å². The van der Waals surface area contributed by atoms with E-state index >= 15 is 0 Å². The molecule has 128 valence electrons. The highest BCUT2D eigenvalue weighted by Gasteiger charge is 2.22. The number of imidazole rings is 1. The molecule has 3 rings (SSSR count). The second-order valence-corrected chi connectivity index (χ2v) is 5.52. The van der Waals surface area contributed by atoms with E-state index in [2.05, 4.69) is 10.3 Å². The Morgan fingerprint density at radius 1 is 1.08 bits per heavy atom. The minimum absolute atomic E-state index is 0.173. The number of halogens is 3. The molecule has 0 spiro atoms. The lowest BCUT2D eigenvalue weighted by molar-refractivity contribution is 0.0940. The average Bonchev–Trinajstić information content (AvgIpc) is 2.97. The van der Waals surface area contributed by atoms with E-state index in [1.807, 2.05) is 0 Å². The lowest BCUT2D eigenvalue weighted by Crippen LogP contribution is -2.31. The smallest absolute Gasteiger partial charge is 0.252 e. The Labute approximate surface area is 141 Å². The molecule has 0 aliphatic heterocycles. The van der Waals surface area contributed by atoms with Gasteiger partial charge in [-0.15, -0.1) is 0 Å². The molecule has 25 heavy (non-hydrogen) atoms. The highest BCUT2D eigenvalue weighted by atomic mass is 19.1. The maximum Gasteiger partial charge on any atom is 0.252 e. The topological polar surface area (TPSA) is 46.9 Å². The van der Waals surface area contributed by atoms with Gasteiger partial charge in [0.15, 0.2) is 0 Å². The second kappa shape index (κ2) is 6.80. The number of carbonyl (C=O) groups is 1. The summed E-state index contributed by atoms with van der Waals surface area (Å²) in [7, 11) is 1.72. The monoisotopic (exact) mass is 345 g/mol. The van der Waals surface area contributed by atoms with Crippen molar-refractivity contribution in [3.8, 4) is 0 Å². The number of aryl methyl sites for hydroxylation is 1. The Morgan fingerprint density at radius 2 is 1.80 bits per heavy atom. The van der Waals surface area contributed by atoms with Gasteiger partial charge in [-0.1, -0.05) is 12.1 Å².